The van der Waals surface area contributed by atoms with E-state index in [1.54, 1.807) is 0 Å². The highest BCUT2D eigenvalue weighted by molar-refractivity contribution is 6.21. The quantitative estimate of drug-likeness (QED) is 0.635. The number of alkyl halides is 2. The second kappa shape index (κ2) is 4.34. The molecule has 0 radical (unpaired) electrons. The largest absolute Gasteiger partial charge is 0.118 e. The summed E-state index contributed by atoms with van der Waals surface area (Å²) in [6.45, 7) is 6.03. The van der Waals surface area contributed by atoms with Crippen molar-refractivity contribution in [3.05, 3.63) is 34.9 Å². The van der Waals surface area contributed by atoms with Crippen LogP contribution < -0.4 is 0 Å². The van der Waals surface area contributed by atoms with Gasteiger partial charge in [0.1, 0.15) is 0 Å². The molecule has 0 nitrogen and oxygen atoms in total. The summed E-state index contributed by atoms with van der Waals surface area (Å²) in [7, 11) is 0. The summed E-state index contributed by atoms with van der Waals surface area (Å²) < 4.78 is 0. The van der Waals surface area contributed by atoms with Crippen LogP contribution in [0.1, 0.15) is 41.3 Å². The first-order chi connectivity index (χ1) is 6.04. The molecule has 2 unspecified atom stereocenters. The average Bonchev–Trinajstić information content (AvgIpc) is 2.03. The number of hydrogen-bond donors (Lipinski definition) is 0. The first-order valence-electron chi connectivity index (χ1n) is 4.41. The SMILES string of the molecule is Cc1c(C(C)Cl)cccc1C(C)Cl. The maximum absolute atomic E-state index is 6.04. The van der Waals surface area contributed by atoms with Gasteiger partial charge in [-0.25, -0.2) is 0 Å². The highest BCUT2D eigenvalue weighted by Gasteiger charge is 2.10. The lowest BCUT2D eigenvalue weighted by molar-refractivity contribution is 1.00. The second-order valence-electron chi connectivity index (χ2n) is 3.29. The van der Waals surface area contributed by atoms with Crippen LogP contribution >= 0.6 is 23.2 Å². The maximum atomic E-state index is 6.04. The van der Waals surface area contributed by atoms with Gasteiger partial charge in [-0.3, -0.25) is 0 Å². The molecule has 0 heterocycles. The summed E-state index contributed by atoms with van der Waals surface area (Å²) in [4.78, 5) is 0. The predicted molar refractivity (Wildman–Crippen MR) is 59.7 cm³/mol. The third kappa shape index (κ3) is 2.38. The summed E-state index contributed by atoms with van der Waals surface area (Å²) in [5.74, 6) is 0. The van der Waals surface area contributed by atoms with Gasteiger partial charge in [-0.1, -0.05) is 18.2 Å². The van der Waals surface area contributed by atoms with E-state index in [4.69, 9.17) is 23.2 Å². The first kappa shape index (κ1) is 10.9. The summed E-state index contributed by atoms with van der Waals surface area (Å²) >= 11 is 12.1. The second-order valence-corrected chi connectivity index (χ2v) is 4.60. The highest BCUT2D eigenvalue weighted by atomic mass is 35.5. The smallest absolute Gasteiger partial charge is 0.0559 e. The molecular formula is C11H14Cl2. The Morgan fingerprint density at radius 2 is 1.38 bits per heavy atom. The Kier molecular flexibility index (Phi) is 3.63. The molecule has 2 atom stereocenters. The van der Waals surface area contributed by atoms with E-state index in [-0.39, 0.29) is 10.8 Å². The Morgan fingerprint density at radius 1 is 1.00 bits per heavy atom. The molecule has 0 saturated carbocycles. The molecule has 0 bridgehead atoms. The van der Waals surface area contributed by atoms with Crippen LogP contribution in [-0.4, -0.2) is 0 Å². The van der Waals surface area contributed by atoms with Crippen molar-refractivity contribution in [2.45, 2.75) is 31.5 Å². The van der Waals surface area contributed by atoms with E-state index in [0.717, 1.165) is 0 Å². The van der Waals surface area contributed by atoms with Crippen LogP contribution in [0, 0.1) is 6.92 Å². The van der Waals surface area contributed by atoms with Gasteiger partial charge in [0.15, 0.2) is 0 Å². The Hall–Kier alpha value is -0.200. The van der Waals surface area contributed by atoms with Crippen molar-refractivity contribution >= 4 is 23.2 Å². The monoisotopic (exact) mass is 216 g/mol. The van der Waals surface area contributed by atoms with E-state index >= 15 is 0 Å². The zero-order chi connectivity index (χ0) is 10.0. The fourth-order valence-electron chi connectivity index (χ4n) is 1.53. The van der Waals surface area contributed by atoms with E-state index in [9.17, 15) is 0 Å². The van der Waals surface area contributed by atoms with E-state index in [2.05, 4.69) is 19.1 Å². The average molecular weight is 217 g/mol. The minimum atomic E-state index is 0.0513. The maximum Gasteiger partial charge on any atom is 0.0559 e. The van der Waals surface area contributed by atoms with Gasteiger partial charge in [-0.05, 0) is 37.5 Å². The van der Waals surface area contributed by atoms with E-state index in [0.29, 0.717) is 0 Å². The molecule has 0 N–H and O–H groups in total. The van der Waals surface area contributed by atoms with Crippen LogP contribution in [0.3, 0.4) is 0 Å². The Balaban J connectivity index is 3.18. The summed E-state index contributed by atoms with van der Waals surface area (Å²) in [6.07, 6.45) is 0. The molecule has 0 aromatic heterocycles. The normalized spacial score (nSPS) is 15.5. The number of benzene rings is 1. The van der Waals surface area contributed by atoms with Crippen LogP contribution in [0.15, 0.2) is 18.2 Å². The molecule has 2 heteroatoms. The van der Waals surface area contributed by atoms with Crippen molar-refractivity contribution in [3.8, 4) is 0 Å². The molecule has 0 amide bonds. The highest BCUT2D eigenvalue weighted by Crippen LogP contribution is 2.30. The lowest BCUT2D eigenvalue weighted by Gasteiger charge is -2.13. The van der Waals surface area contributed by atoms with Crippen molar-refractivity contribution in [1.82, 2.24) is 0 Å². The minimum absolute atomic E-state index is 0.0513. The van der Waals surface area contributed by atoms with Gasteiger partial charge in [0.25, 0.3) is 0 Å². The zero-order valence-corrected chi connectivity index (χ0v) is 9.65. The molecule has 13 heavy (non-hydrogen) atoms. The van der Waals surface area contributed by atoms with Crippen molar-refractivity contribution in [2.24, 2.45) is 0 Å². The molecular weight excluding hydrogens is 203 g/mol. The summed E-state index contributed by atoms with van der Waals surface area (Å²) in [5, 5.41) is 0.103. The molecule has 1 aromatic carbocycles. The summed E-state index contributed by atoms with van der Waals surface area (Å²) in [5.41, 5.74) is 3.56. The zero-order valence-electron chi connectivity index (χ0n) is 8.14. The molecule has 0 saturated heterocycles. The topological polar surface area (TPSA) is 0 Å². The van der Waals surface area contributed by atoms with Crippen LogP contribution in [-0.2, 0) is 0 Å². The van der Waals surface area contributed by atoms with Crippen molar-refractivity contribution in [2.75, 3.05) is 0 Å². The van der Waals surface area contributed by atoms with Crippen molar-refractivity contribution in [1.29, 1.82) is 0 Å². The molecule has 0 fully saturated rings. The Morgan fingerprint density at radius 3 is 1.69 bits per heavy atom. The van der Waals surface area contributed by atoms with Crippen molar-refractivity contribution < 1.29 is 0 Å². The van der Waals surface area contributed by atoms with Crippen molar-refractivity contribution in [3.63, 3.8) is 0 Å². The first-order valence-corrected chi connectivity index (χ1v) is 5.29. The van der Waals surface area contributed by atoms with E-state index < -0.39 is 0 Å². The lowest BCUT2D eigenvalue weighted by atomic mass is 9.99. The molecule has 72 valence electrons. The van der Waals surface area contributed by atoms with Gasteiger partial charge in [-0.15, -0.1) is 23.2 Å². The molecule has 0 spiro atoms. The van der Waals surface area contributed by atoms with Gasteiger partial charge in [0, 0.05) is 0 Å². The van der Waals surface area contributed by atoms with Crippen LogP contribution in [0.25, 0.3) is 0 Å². The third-order valence-corrected chi connectivity index (χ3v) is 2.74. The minimum Gasteiger partial charge on any atom is -0.118 e. The summed E-state index contributed by atoms with van der Waals surface area (Å²) in [6, 6.07) is 6.11. The molecule has 1 rings (SSSR count). The predicted octanol–water partition coefficient (Wildman–Crippen LogP) is 4.59. The fraction of sp³-hybridized carbons (Fsp3) is 0.455. The molecule has 1 aromatic rings. The van der Waals surface area contributed by atoms with Gasteiger partial charge >= 0.3 is 0 Å². The van der Waals surface area contributed by atoms with Gasteiger partial charge in [0.2, 0.25) is 0 Å². The number of halogens is 2. The fourth-order valence-corrected chi connectivity index (χ4v) is 2.01. The van der Waals surface area contributed by atoms with Gasteiger partial charge in [0.05, 0.1) is 10.8 Å². The number of hydrogen-bond acceptors (Lipinski definition) is 0. The van der Waals surface area contributed by atoms with Crippen LogP contribution in [0.2, 0.25) is 0 Å². The molecule has 0 aliphatic carbocycles. The molecule has 0 aliphatic heterocycles. The third-order valence-electron chi connectivity index (χ3n) is 2.27. The Bertz CT molecular complexity index is 264. The van der Waals surface area contributed by atoms with Gasteiger partial charge < -0.3 is 0 Å². The lowest BCUT2D eigenvalue weighted by Crippen LogP contribution is -1.96. The van der Waals surface area contributed by atoms with E-state index in [1.807, 2.05) is 19.9 Å². The number of rotatable bonds is 2. The Labute approximate surface area is 89.9 Å². The standard InChI is InChI=1S/C11H14Cl2/c1-7-10(8(2)12)5-4-6-11(7)9(3)13/h4-6,8-9H,1-3H3. The van der Waals surface area contributed by atoms with E-state index in [1.165, 1.54) is 16.7 Å². The molecule has 0 aliphatic rings. The van der Waals surface area contributed by atoms with Gasteiger partial charge in [-0.2, -0.15) is 0 Å². The van der Waals surface area contributed by atoms with Crippen LogP contribution in [0.5, 0.6) is 0 Å². The van der Waals surface area contributed by atoms with Crippen LogP contribution in [0.4, 0.5) is 0 Å².